The molecule has 1 aromatic heterocycles. The number of carbonyl (C=O) groups is 1. The first-order valence-electron chi connectivity index (χ1n) is 10.4. The molecule has 2 heterocycles. The zero-order chi connectivity index (χ0) is 20.9. The number of fused-ring (bicyclic) bond motifs is 1. The van der Waals surface area contributed by atoms with E-state index >= 15 is 0 Å². The highest BCUT2D eigenvalue weighted by molar-refractivity contribution is 5.89. The predicted molar refractivity (Wildman–Crippen MR) is 113 cm³/mol. The van der Waals surface area contributed by atoms with Crippen LogP contribution in [0.15, 0.2) is 48.8 Å². The molecule has 0 N–H and O–H groups in total. The summed E-state index contributed by atoms with van der Waals surface area (Å²) in [6.07, 6.45) is 5.50. The summed E-state index contributed by atoms with van der Waals surface area (Å²) in [7, 11) is 1.35. The van der Waals surface area contributed by atoms with Gasteiger partial charge in [0.15, 0.2) is 5.69 Å². The monoisotopic (exact) mass is 403 g/mol. The minimum atomic E-state index is -0.511. The molecule has 30 heavy (non-hydrogen) atoms. The minimum absolute atomic E-state index is 0.244. The number of benzene rings is 2. The Morgan fingerprint density at radius 3 is 2.90 bits per heavy atom. The van der Waals surface area contributed by atoms with E-state index < -0.39 is 11.9 Å². The van der Waals surface area contributed by atoms with Crippen molar-refractivity contribution in [3.05, 3.63) is 65.7 Å². The molecule has 1 aliphatic rings. The van der Waals surface area contributed by atoms with Crippen molar-refractivity contribution in [3.8, 4) is 6.07 Å². The Hall–Kier alpha value is -3.17. The van der Waals surface area contributed by atoms with E-state index in [1.807, 2.05) is 18.2 Å². The van der Waals surface area contributed by atoms with Gasteiger partial charge in [0.2, 0.25) is 0 Å². The third-order valence-electron chi connectivity index (χ3n) is 5.73. The predicted octanol–water partition coefficient (Wildman–Crippen LogP) is 4.76. The fraction of sp³-hybridized carbons (Fsp3) is 0.375. The minimum Gasteiger partial charge on any atom is -0.464 e. The summed E-state index contributed by atoms with van der Waals surface area (Å²) in [6.45, 7) is 0.654. The number of esters is 1. The standard InChI is InChI=1S/C24H25N3O3/c1-29-24(28)23-22(26-16-27(23)21-11-4-5-14-30-21)19(15-25)13-12-18-9-6-8-17-7-2-3-10-20(17)18/h2-3,6-10,16,19,21H,4-5,11-14H2,1H3. The molecule has 3 aromatic rings. The number of rotatable bonds is 6. The van der Waals surface area contributed by atoms with Crippen LogP contribution < -0.4 is 0 Å². The van der Waals surface area contributed by atoms with E-state index in [9.17, 15) is 10.1 Å². The van der Waals surface area contributed by atoms with Gasteiger partial charge >= 0.3 is 5.97 Å². The molecule has 2 aromatic carbocycles. The number of aryl methyl sites for hydroxylation is 1. The number of nitriles is 1. The van der Waals surface area contributed by atoms with Gasteiger partial charge in [-0.3, -0.25) is 4.57 Å². The fourth-order valence-corrected chi connectivity index (χ4v) is 4.17. The number of imidazole rings is 1. The molecule has 4 rings (SSSR count). The summed E-state index contributed by atoms with van der Waals surface area (Å²) in [5, 5.41) is 12.3. The highest BCUT2D eigenvalue weighted by Crippen LogP contribution is 2.30. The second-order valence-electron chi connectivity index (χ2n) is 7.56. The van der Waals surface area contributed by atoms with Crippen molar-refractivity contribution >= 4 is 16.7 Å². The Bertz CT molecular complexity index is 1070. The molecule has 0 aliphatic carbocycles. The van der Waals surface area contributed by atoms with Gasteiger partial charge in [-0.05, 0) is 48.4 Å². The van der Waals surface area contributed by atoms with Crippen LogP contribution in [0.2, 0.25) is 0 Å². The number of nitrogens with zero attached hydrogens (tertiary/aromatic N) is 3. The van der Waals surface area contributed by atoms with Crippen LogP contribution in [0.25, 0.3) is 10.8 Å². The molecule has 2 unspecified atom stereocenters. The van der Waals surface area contributed by atoms with Gasteiger partial charge in [-0.2, -0.15) is 5.26 Å². The van der Waals surface area contributed by atoms with Gasteiger partial charge in [0, 0.05) is 6.61 Å². The third-order valence-corrected chi connectivity index (χ3v) is 5.73. The second-order valence-corrected chi connectivity index (χ2v) is 7.56. The Labute approximate surface area is 176 Å². The van der Waals surface area contributed by atoms with Crippen LogP contribution in [0.4, 0.5) is 0 Å². The Kier molecular flexibility index (Phi) is 6.10. The van der Waals surface area contributed by atoms with Crippen molar-refractivity contribution in [2.75, 3.05) is 13.7 Å². The van der Waals surface area contributed by atoms with Crippen molar-refractivity contribution in [1.29, 1.82) is 5.26 Å². The van der Waals surface area contributed by atoms with E-state index in [2.05, 4.69) is 35.3 Å². The number of hydrogen-bond donors (Lipinski definition) is 0. The molecule has 0 saturated carbocycles. The molecule has 0 bridgehead atoms. The van der Waals surface area contributed by atoms with Gasteiger partial charge in [0.1, 0.15) is 6.23 Å². The van der Waals surface area contributed by atoms with Gasteiger partial charge in [-0.1, -0.05) is 42.5 Å². The van der Waals surface area contributed by atoms with Crippen molar-refractivity contribution < 1.29 is 14.3 Å². The van der Waals surface area contributed by atoms with Crippen LogP contribution in [0.3, 0.4) is 0 Å². The van der Waals surface area contributed by atoms with E-state index in [4.69, 9.17) is 9.47 Å². The molecule has 0 spiro atoms. The average Bonchev–Trinajstić information content (AvgIpc) is 3.24. The number of aromatic nitrogens is 2. The van der Waals surface area contributed by atoms with Gasteiger partial charge in [0.05, 0.1) is 31.1 Å². The third kappa shape index (κ3) is 3.94. The van der Waals surface area contributed by atoms with Crippen LogP contribution in [-0.2, 0) is 15.9 Å². The first kappa shape index (κ1) is 20.1. The smallest absolute Gasteiger partial charge is 0.356 e. The molecule has 1 saturated heterocycles. The van der Waals surface area contributed by atoms with Gasteiger partial charge in [-0.25, -0.2) is 9.78 Å². The molecule has 1 fully saturated rings. The molecule has 2 atom stereocenters. The molecule has 0 radical (unpaired) electrons. The SMILES string of the molecule is COC(=O)c1c(C(C#N)CCc2cccc3ccccc23)ncn1C1CCCCO1. The van der Waals surface area contributed by atoms with Crippen LogP contribution in [0, 0.1) is 11.3 Å². The van der Waals surface area contributed by atoms with Crippen molar-refractivity contribution in [2.45, 2.75) is 44.2 Å². The van der Waals surface area contributed by atoms with Crippen LogP contribution in [0.5, 0.6) is 0 Å². The maximum Gasteiger partial charge on any atom is 0.356 e. The zero-order valence-electron chi connectivity index (χ0n) is 17.1. The normalized spacial score (nSPS) is 17.4. The Morgan fingerprint density at radius 2 is 2.13 bits per heavy atom. The highest BCUT2D eigenvalue weighted by atomic mass is 16.5. The summed E-state index contributed by atoms with van der Waals surface area (Å²) in [5.74, 6) is -0.995. The molecular formula is C24H25N3O3. The first-order chi connectivity index (χ1) is 14.7. The molecule has 1 aliphatic heterocycles. The Balaban J connectivity index is 1.62. The quantitative estimate of drug-likeness (QED) is 0.555. The highest BCUT2D eigenvalue weighted by Gasteiger charge is 2.29. The summed E-state index contributed by atoms with van der Waals surface area (Å²) in [6, 6.07) is 16.8. The lowest BCUT2D eigenvalue weighted by molar-refractivity contribution is -0.0340. The molecule has 6 nitrogen and oxygen atoms in total. The number of ether oxygens (including phenoxy) is 2. The van der Waals surface area contributed by atoms with Crippen molar-refractivity contribution in [1.82, 2.24) is 9.55 Å². The lowest BCUT2D eigenvalue weighted by Gasteiger charge is -2.25. The number of methoxy groups -OCH3 is 1. The Morgan fingerprint density at radius 1 is 1.30 bits per heavy atom. The zero-order valence-corrected chi connectivity index (χ0v) is 17.1. The first-order valence-corrected chi connectivity index (χ1v) is 10.4. The van der Waals surface area contributed by atoms with Crippen LogP contribution in [0.1, 0.15) is 59.6 Å². The lowest BCUT2D eigenvalue weighted by atomic mass is 9.94. The second kappa shape index (κ2) is 9.10. The van der Waals surface area contributed by atoms with Gasteiger partial charge < -0.3 is 9.47 Å². The maximum absolute atomic E-state index is 12.6. The van der Waals surface area contributed by atoms with Crippen LogP contribution in [-0.4, -0.2) is 29.2 Å². The number of hydrogen-bond acceptors (Lipinski definition) is 5. The summed E-state index contributed by atoms with van der Waals surface area (Å²) in [4.78, 5) is 17.0. The van der Waals surface area contributed by atoms with Crippen molar-refractivity contribution in [3.63, 3.8) is 0 Å². The van der Waals surface area contributed by atoms with E-state index in [0.29, 0.717) is 30.8 Å². The molecule has 6 heteroatoms. The summed E-state index contributed by atoms with van der Waals surface area (Å²) >= 11 is 0. The molecule has 154 valence electrons. The number of carbonyl (C=O) groups excluding carboxylic acids is 1. The molecular weight excluding hydrogens is 378 g/mol. The van der Waals surface area contributed by atoms with Gasteiger partial charge in [0.25, 0.3) is 0 Å². The fourth-order valence-electron chi connectivity index (χ4n) is 4.17. The van der Waals surface area contributed by atoms with Gasteiger partial charge in [-0.15, -0.1) is 0 Å². The van der Waals surface area contributed by atoms with Crippen LogP contribution >= 0.6 is 0 Å². The summed E-state index contributed by atoms with van der Waals surface area (Å²) in [5.41, 5.74) is 1.98. The topological polar surface area (TPSA) is 77.1 Å². The average molecular weight is 403 g/mol. The largest absolute Gasteiger partial charge is 0.464 e. The van der Waals surface area contributed by atoms with E-state index in [0.717, 1.165) is 19.3 Å². The van der Waals surface area contributed by atoms with E-state index in [-0.39, 0.29) is 6.23 Å². The van der Waals surface area contributed by atoms with E-state index in [1.54, 1.807) is 10.9 Å². The van der Waals surface area contributed by atoms with E-state index in [1.165, 1.54) is 23.4 Å². The molecule has 0 amide bonds. The van der Waals surface area contributed by atoms with Crippen molar-refractivity contribution in [2.24, 2.45) is 0 Å². The summed E-state index contributed by atoms with van der Waals surface area (Å²) < 4.78 is 12.6. The maximum atomic E-state index is 12.6. The lowest BCUT2D eigenvalue weighted by Crippen LogP contribution is -2.22.